The molecule has 108 valence electrons. The van der Waals surface area contributed by atoms with Crippen LogP contribution in [0.15, 0.2) is 0 Å². The summed E-state index contributed by atoms with van der Waals surface area (Å²) >= 11 is 0. The molecule has 0 spiro atoms. The van der Waals surface area contributed by atoms with Crippen molar-refractivity contribution in [2.24, 2.45) is 5.41 Å². The van der Waals surface area contributed by atoms with Gasteiger partial charge in [-0.1, -0.05) is 6.42 Å². The van der Waals surface area contributed by atoms with Gasteiger partial charge in [0.05, 0.1) is 32.5 Å². The molecule has 0 heterocycles. The lowest BCUT2D eigenvalue weighted by molar-refractivity contribution is -0.129. The quantitative estimate of drug-likeness (QED) is 0.596. The van der Waals surface area contributed by atoms with Crippen molar-refractivity contribution in [2.75, 3.05) is 40.1 Å². The van der Waals surface area contributed by atoms with Crippen molar-refractivity contribution < 1.29 is 19.0 Å². The summed E-state index contributed by atoms with van der Waals surface area (Å²) in [7, 11) is 1.63. The molecule has 0 aromatic carbocycles. The largest absolute Gasteiger partial charge is 0.382 e. The predicted molar refractivity (Wildman–Crippen MR) is 69.7 cm³/mol. The number of nitriles is 1. The van der Waals surface area contributed by atoms with Crippen LogP contribution < -0.4 is 0 Å². The number of methoxy groups -OCH3 is 1. The maximum Gasteiger partial charge on any atom is 0.153 e. The molecule has 19 heavy (non-hydrogen) atoms. The van der Waals surface area contributed by atoms with E-state index in [0.29, 0.717) is 52.3 Å². The number of nitrogens with zero attached hydrogens (tertiary/aromatic N) is 1. The zero-order valence-corrected chi connectivity index (χ0v) is 11.7. The van der Waals surface area contributed by atoms with Gasteiger partial charge in [-0.15, -0.1) is 0 Å². The third-order valence-corrected chi connectivity index (χ3v) is 3.48. The number of ether oxygens (including phenoxy) is 3. The van der Waals surface area contributed by atoms with Crippen molar-refractivity contribution in [3.05, 3.63) is 0 Å². The monoisotopic (exact) mass is 269 g/mol. The van der Waals surface area contributed by atoms with Crippen LogP contribution in [-0.4, -0.2) is 45.9 Å². The Morgan fingerprint density at radius 2 is 1.84 bits per heavy atom. The van der Waals surface area contributed by atoms with Crippen LogP contribution in [0.4, 0.5) is 0 Å². The lowest BCUT2D eigenvalue weighted by atomic mass is 9.72. The van der Waals surface area contributed by atoms with Gasteiger partial charge in [0.15, 0.2) is 5.78 Å². The molecule has 1 rings (SSSR count). The fourth-order valence-electron chi connectivity index (χ4n) is 2.24. The molecule has 1 saturated carbocycles. The molecular weight excluding hydrogens is 246 g/mol. The lowest BCUT2D eigenvalue weighted by Gasteiger charge is -2.28. The summed E-state index contributed by atoms with van der Waals surface area (Å²) in [6.07, 6.45) is 3.58. The molecule has 0 radical (unpaired) electrons. The van der Waals surface area contributed by atoms with E-state index in [2.05, 4.69) is 6.07 Å². The zero-order chi connectivity index (χ0) is 14.0. The summed E-state index contributed by atoms with van der Waals surface area (Å²) in [5, 5.41) is 9.25. The van der Waals surface area contributed by atoms with Crippen LogP contribution in [0, 0.1) is 16.7 Å². The second-order valence-electron chi connectivity index (χ2n) is 4.79. The number of rotatable bonds is 9. The minimum atomic E-state index is -0.796. The van der Waals surface area contributed by atoms with Gasteiger partial charge in [-0.25, -0.2) is 0 Å². The topological polar surface area (TPSA) is 68.6 Å². The number of ketones is 1. The first-order chi connectivity index (χ1) is 9.25. The van der Waals surface area contributed by atoms with Gasteiger partial charge in [-0.2, -0.15) is 5.26 Å². The second kappa shape index (κ2) is 9.03. The van der Waals surface area contributed by atoms with Crippen LogP contribution in [-0.2, 0) is 19.0 Å². The molecule has 0 saturated heterocycles. The lowest BCUT2D eigenvalue weighted by Crippen LogP contribution is -2.34. The van der Waals surface area contributed by atoms with E-state index in [1.807, 2.05) is 0 Å². The maximum atomic E-state index is 11.9. The molecule has 0 aromatic rings. The summed E-state index contributed by atoms with van der Waals surface area (Å²) in [5.74, 6) is 0.0844. The number of hydrogen-bond donors (Lipinski definition) is 0. The van der Waals surface area contributed by atoms with Crippen molar-refractivity contribution >= 4 is 5.78 Å². The van der Waals surface area contributed by atoms with E-state index in [4.69, 9.17) is 14.2 Å². The van der Waals surface area contributed by atoms with Crippen molar-refractivity contribution in [3.8, 4) is 6.07 Å². The molecule has 5 nitrogen and oxygen atoms in total. The average Bonchev–Trinajstić information content (AvgIpc) is 2.44. The highest BCUT2D eigenvalue weighted by Crippen LogP contribution is 2.35. The van der Waals surface area contributed by atoms with Gasteiger partial charge in [0.25, 0.3) is 0 Å². The molecule has 0 aliphatic heterocycles. The van der Waals surface area contributed by atoms with Crippen LogP contribution in [0.2, 0.25) is 0 Å². The SMILES string of the molecule is COCCOCCOCCC1(C#N)CCCCC1=O. The fourth-order valence-corrected chi connectivity index (χ4v) is 2.24. The average molecular weight is 269 g/mol. The number of carbonyl (C=O) groups excluding carboxylic acids is 1. The third kappa shape index (κ3) is 5.27. The summed E-state index contributed by atoms with van der Waals surface area (Å²) < 4.78 is 15.5. The Balaban J connectivity index is 2.13. The molecular formula is C14H23NO4. The van der Waals surface area contributed by atoms with Crippen molar-refractivity contribution in [1.29, 1.82) is 5.26 Å². The Bertz CT molecular complexity index is 313. The number of carbonyl (C=O) groups is 1. The molecule has 5 heteroatoms. The minimum absolute atomic E-state index is 0.0844. The van der Waals surface area contributed by atoms with E-state index in [1.54, 1.807) is 7.11 Å². The number of hydrogen-bond acceptors (Lipinski definition) is 5. The van der Waals surface area contributed by atoms with E-state index < -0.39 is 5.41 Å². The second-order valence-corrected chi connectivity index (χ2v) is 4.79. The van der Waals surface area contributed by atoms with Gasteiger partial charge < -0.3 is 14.2 Å². The summed E-state index contributed by atoms with van der Waals surface area (Å²) in [5.41, 5.74) is -0.796. The van der Waals surface area contributed by atoms with Gasteiger partial charge >= 0.3 is 0 Å². The highest BCUT2D eigenvalue weighted by molar-refractivity contribution is 5.88. The zero-order valence-electron chi connectivity index (χ0n) is 11.7. The Labute approximate surface area is 114 Å². The first kappa shape index (κ1) is 16.1. The maximum absolute atomic E-state index is 11.9. The minimum Gasteiger partial charge on any atom is -0.382 e. The van der Waals surface area contributed by atoms with E-state index >= 15 is 0 Å². The molecule has 0 amide bonds. The molecule has 1 fully saturated rings. The molecule has 1 unspecified atom stereocenters. The van der Waals surface area contributed by atoms with Crippen LogP contribution in [0.1, 0.15) is 32.1 Å². The van der Waals surface area contributed by atoms with Crippen LogP contribution in [0.25, 0.3) is 0 Å². The Morgan fingerprint density at radius 1 is 1.16 bits per heavy atom. The molecule has 1 aliphatic carbocycles. The molecule has 0 bridgehead atoms. The van der Waals surface area contributed by atoms with Crippen LogP contribution in [0.3, 0.4) is 0 Å². The third-order valence-electron chi connectivity index (χ3n) is 3.48. The molecule has 0 N–H and O–H groups in total. The Kier molecular flexibility index (Phi) is 7.65. The van der Waals surface area contributed by atoms with Gasteiger partial charge in [0.1, 0.15) is 5.41 Å². The van der Waals surface area contributed by atoms with E-state index in [1.165, 1.54) is 0 Å². The summed E-state index contributed by atoms with van der Waals surface area (Å²) in [6.45, 7) is 2.57. The smallest absolute Gasteiger partial charge is 0.153 e. The Hall–Kier alpha value is -0.960. The van der Waals surface area contributed by atoms with Crippen LogP contribution >= 0.6 is 0 Å². The van der Waals surface area contributed by atoms with Crippen LogP contribution in [0.5, 0.6) is 0 Å². The van der Waals surface area contributed by atoms with E-state index in [-0.39, 0.29) is 5.78 Å². The van der Waals surface area contributed by atoms with Gasteiger partial charge in [0, 0.05) is 20.1 Å². The first-order valence-corrected chi connectivity index (χ1v) is 6.84. The first-order valence-electron chi connectivity index (χ1n) is 6.84. The van der Waals surface area contributed by atoms with Gasteiger partial charge in [-0.3, -0.25) is 4.79 Å². The van der Waals surface area contributed by atoms with E-state index in [0.717, 1.165) is 12.8 Å². The Morgan fingerprint density at radius 3 is 2.47 bits per heavy atom. The van der Waals surface area contributed by atoms with Crippen molar-refractivity contribution in [3.63, 3.8) is 0 Å². The standard InChI is InChI=1S/C14H23NO4/c1-17-8-9-19-11-10-18-7-6-14(12-15)5-3-2-4-13(14)16/h2-11H2,1H3. The molecule has 1 aliphatic rings. The molecule has 0 aromatic heterocycles. The fraction of sp³-hybridized carbons (Fsp3) is 0.857. The highest BCUT2D eigenvalue weighted by atomic mass is 16.5. The molecule has 1 atom stereocenters. The normalized spacial score (nSPS) is 23.3. The number of Topliss-reactive ketones (excluding diaryl/α,β-unsaturated/α-hetero) is 1. The summed E-state index contributed by atoms with van der Waals surface area (Å²) in [4.78, 5) is 11.9. The van der Waals surface area contributed by atoms with Crippen molar-refractivity contribution in [2.45, 2.75) is 32.1 Å². The highest BCUT2D eigenvalue weighted by Gasteiger charge is 2.39. The van der Waals surface area contributed by atoms with E-state index in [9.17, 15) is 10.1 Å². The summed E-state index contributed by atoms with van der Waals surface area (Å²) in [6, 6.07) is 2.21. The van der Waals surface area contributed by atoms with Gasteiger partial charge in [0.2, 0.25) is 0 Å². The van der Waals surface area contributed by atoms with Crippen molar-refractivity contribution in [1.82, 2.24) is 0 Å². The predicted octanol–water partition coefficient (Wildman–Crippen LogP) is 1.71. The van der Waals surface area contributed by atoms with Gasteiger partial charge in [-0.05, 0) is 19.3 Å².